The average molecular weight is 432 g/mol. The highest BCUT2D eigenvalue weighted by atomic mass is 32.1. The van der Waals surface area contributed by atoms with Gasteiger partial charge in [0.15, 0.2) is 11.5 Å². The van der Waals surface area contributed by atoms with Crippen LogP contribution < -0.4 is 20.5 Å². The molecule has 156 valence electrons. The van der Waals surface area contributed by atoms with Gasteiger partial charge in [-0.3, -0.25) is 4.57 Å². The monoisotopic (exact) mass is 432 g/mol. The minimum absolute atomic E-state index is 0.0889. The number of amides is 1. The van der Waals surface area contributed by atoms with Crippen LogP contribution in [0.5, 0.6) is 11.5 Å². The zero-order valence-corrected chi connectivity index (χ0v) is 16.4. The third-order valence-electron chi connectivity index (χ3n) is 4.46. The minimum atomic E-state index is -1.27. The molecule has 0 unspecified atom stereocenters. The second kappa shape index (κ2) is 8.41. The standard InChI is InChI=1S/C19H17FN4O5S/c20-5-12(6-21-18(25)26)7-24-19(27)23(10-22-24)8-15-3-14(9-30-15)13-1-2-16-17(4-13)29-11-28-16/h1-5,9-10,21H,6-8,11H2,(H,25,26). The van der Waals surface area contributed by atoms with Crippen LogP contribution >= 0.6 is 11.3 Å². The molecule has 9 nitrogen and oxygen atoms in total. The first-order valence-corrected chi connectivity index (χ1v) is 9.76. The van der Waals surface area contributed by atoms with E-state index in [1.807, 2.05) is 29.6 Å². The van der Waals surface area contributed by atoms with Gasteiger partial charge in [0.2, 0.25) is 6.79 Å². The van der Waals surface area contributed by atoms with Gasteiger partial charge in [0.1, 0.15) is 6.33 Å². The van der Waals surface area contributed by atoms with Crippen molar-refractivity contribution in [1.82, 2.24) is 19.7 Å². The van der Waals surface area contributed by atoms with Crippen molar-refractivity contribution in [3.05, 3.63) is 63.2 Å². The number of fused-ring (bicyclic) bond motifs is 1. The van der Waals surface area contributed by atoms with Crippen molar-refractivity contribution in [2.45, 2.75) is 13.1 Å². The topological polar surface area (TPSA) is 108 Å². The van der Waals surface area contributed by atoms with Gasteiger partial charge in [-0.15, -0.1) is 11.3 Å². The summed E-state index contributed by atoms with van der Waals surface area (Å²) in [5.74, 6) is 1.42. The van der Waals surface area contributed by atoms with Gasteiger partial charge in [0.25, 0.3) is 0 Å². The van der Waals surface area contributed by atoms with E-state index in [-0.39, 0.29) is 31.8 Å². The van der Waals surface area contributed by atoms with E-state index in [2.05, 4.69) is 10.4 Å². The lowest BCUT2D eigenvalue weighted by molar-refractivity contribution is 0.174. The number of carbonyl (C=O) groups is 1. The number of halogens is 1. The normalized spacial score (nSPS) is 12.9. The Morgan fingerprint density at radius 1 is 1.30 bits per heavy atom. The molecule has 1 aromatic carbocycles. The quantitative estimate of drug-likeness (QED) is 0.594. The number of hydrogen-bond donors (Lipinski definition) is 2. The lowest BCUT2D eigenvalue weighted by atomic mass is 10.1. The highest BCUT2D eigenvalue weighted by Crippen LogP contribution is 2.37. The molecule has 0 atom stereocenters. The van der Waals surface area contributed by atoms with Gasteiger partial charge in [0.05, 0.1) is 19.4 Å². The summed E-state index contributed by atoms with van der Waals surface area (Å²) in [6.45, 7) is 0.160. The Balaban J connectivity index is 1.46. The smallest absolute Gasteiger partial charge is 0.404 e. The summed E-state index contributed by atoms with van der Waals surface area (Å²) in [5.41, 5.74) is 1.65. The summed E-state index contributed by atoms with van der Waals surface area (Å²) in [6, 6.07) is 7.70. The lowest BCUT2D eigenvalue weighted by Gasteiger charge is -2.05. The van der Waals surface area contributed by atoms with Crippen LogP contribution in [0, 0.1) is 0 Å². The zero-order valence-electron chi connectivity index (χ0n) is 15.6. The SMILES string of the molecule is O=C(O)NCC(=CF)Cn1ncn(Cc2cc(-c3ccc4c(c3)OCO4)cs2)c1=O. The Kier molecular flexibility index (Phi) is 5.53. The third-order valence-corrected chi connectivity index (χ3v) is 5.38. The predicted octanol–water partition coefficient (Wildman–Crippen LogP) is 2.67. The van der Waals surface area contributed by atoms with Gasteiger partial charge in [-0.25, -0.2) is 18.7 Å². The molecule has 0 spiro atoms. The molecule has 1 amide bonds. The number of benzene rings is 1. The molecule has 30 heavy (non-hydrogen) atoms. The van der Waals surface area contributed by atoms with Crippen LogP contribution in [0.15, 0.2) is 52.7 Å². The minimum Gasteiger partial charge on any atom is -0.465 e. The van der Waals surface area contributed by atoms with Crippen LogP contribution in [0.4, 0.5) is 9.18 Å². The Morgan fingerprint density at radius 2 is 2.13 bits per heavy atom. The molecule has 4 rings (SSSR count). The molecule has 0 saturated carbocycles. The van der Waals surface area contributed by atoms with E-state index < -0.39 is 11.8 Å². The molecular weight excluding hydrogens is 415 g/mol. The zero-order chi connectivity index (χ0) is 21.1. The van der Waals surface area contributed by atoms with Crippen LogP contribution in [0.3, 0.4) is 0 Å². The Morgan fingerprint density at radius 3 is 2.93 bits per heavy atom. The maximum atomic E-state index is 13.0. The second-order valence-electron chi connectivity index (χ2n) is 6.49. The van der Waals surface area contributed by atoms with Crippen LogP contribution in [-0.2, 0) is 13.1 Å². The summed E-state index contributed by atoms with van der Waals surface area (Å²) < 4.78 is 26.2. The fraction of sp³-hybridized carbons (Fsp3) is 0.211. The number of nitrogens with one attached hydrogen (secondary N) is 1. The van der Waals surface area contributed by atoms with Crippen molar-refractivity contribution in [2.75, 3.05) is 13.3 Å². The molecule has 11 heteroatoms. The maximum absolute atomic E-state index is 13.0. The highest BCUT2D eigenvalue weighted by molar-refractivity contribution is 7.10. The van der Waals surface area contributed by atoms with Crippen LogP contribution in [0.2, 0.25) is 0 Å². The van der Waals surface area contributed by atoms with Crippen molar-refractivity contribution < 1.29 is 23.8 Å². The lowest BCUT2D eigenvalue weighted by Crippen LogP contribution is -2.29. The molecule has 3 aromatic rings. The third kappa shape index (κ3) is 4.20. The van der Waals surface area contributed by atoms with E-state index in [1.54, 1.807) is 0 Å². The van der Waals surface area contributed by atoms with Crippen molar-refractivity contribution in [3.8, 4) is 22.6 Å². The van der Waals surface area contributed by atoms with Crippen molar-refractivity contribution in [3.63, 3.8) is 0 Å². The Hall–Kier alpha value is -3.60. The van der Waals surface area contributed by atoms with E-state index in [0.717, 1.165) is 20.7 Å². The highest BCUT2D eigenvalue weighted by Gasteiger charge is 2.15. The summed E-state index contributed by atoms with van der Waals surface area (Å²) in [4.78, 5) is 24.0. The number of hydrogen-bond acceptors (Lipinski definition) is 6. The van der Waals surface area contributed by atoms with Crippen LogP contribution in [-0.4, -0.2) is 38.9 Å². The van der Waals surface area contributed by atoms with E-state index in [4.69, 9.17) is 14.6 Å². The fourth-order valence-electron chi connectivity index (χ4n) is 2.96. The molecule has 0 bridgehead atoms. The van der Waals surface area contributed by atoms with Gasteiger partial charge in [-0.2, -0.15) is 5.10 Å². The molecule has 3 heterocycles. The number of aromatic nitrogens is 3. The van der Waals surface area contributed by atoms with Crippen molar-refractivity contribution >= 4 is 17.4 Å². The second-order valence-corrected chi connectivity index (χ2v) is 7.49. The number of nitrogens with zero attached hydrogens (tertiary/aromatic N) is 3. The van der Waals surface area contributed by atoms with Gasteiger partial charge in [-0.1, -0.05) is 6.07 Å². The summed E-state index contributed by atoms with van der Waals surface area (Å²) in [6.07, 6.45) is 0.379. The van der Waals surface area contributed by atoms with Crippen molar-refractivity contribution in [1.29, 1.82) is 0 Å². The van der Waals surface area contributed by atoms with E-state index in [0.29, 0.717) is 18.0 Å². The molecule has 0 fully saturated rings. The first-order valence-electron chi connectivity index (χ1n) is 8.88. The molecule has 2 N–H and O–H groups in total. The molecule has 0 aliphatic carbocycles. The van der Waals surface area contributed by atoms with Gasteiger partial charge in [0, 0.05) is 11.4 Å². The number of rotatable bonds is 7. The van der Waals surface area contributed by atoms with Gasteiger partial charge >= 0.3 is 11.8 Å². The van der Waals surface area contributed by atoms with E-state index in [9.17, 15) is 14.0 Å². The first-order chi connectivity index (χ1) is 14.5. The van der Waals surface area contributed by atoms with E-state index in [1.165, 1.54) is 22.2 Å². The Bertz CT molecular complexity index is 1170. The first kappa shape index (κ1) is 19.7. The number of ether oxygens (including phenoxy) is 2. The molecular formula is C19H17FN4O5S. The van der Waals surface area contributed by atoms with Crippen LogP contribution in [0.1, 0.15) is 4.88 Å². The average Bonchev–Trinajstić information content (AvgIpc) is 3.46. The van der Waals surface area contributed by atoms with E-state index >= 15 is 0 Å². The number of thiophene rings is 1. The largest absolute Gasteiger partial charge is 0.465 e. The Labute approximate surface area is 173 Å². The molecule has 0 radical (unpaired) electrons. The summed E-state index contributed by atoms with van der Waals surface area (Å²) >= 11 is 1.50. The van der Waals surface area contributed by atoms with Gasteiger partial charge < -0.3 is 19.9 Å². The van der Waals surface area contributed by atoms with Crippen molar-refractivity contribution in [2.24, 2.45) is 0 Å². The van der Waals surface area contributed by atoms with Gasteiger partial charge in [-0.05, 0) is 40.3 Å². The maximum Gasteiger partial charge on any atom is 0.404 e. The number of carboxylic acid groups (broad SMARTS) is 1. The fourth-order valence-corrected chi connectivity index (χ4v) is 3.85. The summed E-state index contributed by atoms with van der Waals surface area (Å²) in [5, 5.41) is 16.7. The molecule has 0 saturated heterocycles. The molecule has 1 aliphatic rings. The molecule has 1 aliphatic heterocycles. The van der Waals surface area contributed by atoms with Crippen LogP contribution in [0.25, 0.3) is 11.1 Å². The molecule has 2 aromatic heterocycles. The predicted molar refractivity (Wildman–Crippen MR) is 107 cm³/mol. The summed E-state index contributed by atoms with van der Waals surface area (Å²) in [7, 11) is 0.